The first-order valence-corrected chi connectivity index (χ1v) is 7.61. The molecule has 2 unspecified atom stereocenters. The van der Waals surface area contributed by atoms with E-state index in [9.17, 15) is 9.50 Å². The second kappa shape index (κ2) is 6.23. The van der Waals surface area contributed by atoms with Crippen LogP contribution in [0.25, 0.3) is 0 Å². The van der Waals surface area contributed by atoms with Crippen LogP contribution in [0.2, 0.25) is 5.02 Å². The maximum atomic E-state index is 13.4. The quantitative estimate of drug-likeness (QED) is 0.770. The molecule has 3 heteroatoms. The van der Waals surface area contributed by atoms with E-state index >= 15 is 0 Å². The maximum absolute atomic E-state index is 13.4. The number of aliphatic hydroxyl groups is 1. The Morgan fingerprint density at radius 1 is 1.37 bits per heavy atom. The molecule has 1 aliphatic rings. The summed E-state index contributed by atoms with van der Waals surface area (Å²) in [7, 11) is 0. The van der Waals surface area contributed by atoms with Crippen LogP contribution >= 0.6 is 11.6 Å². The summed E-state index contributed by atoms with van der Waals surface area (Å²) in [5.74, 6) is 0.355. The smallest absolute Gasteiger partial charge is 0.123 e. The highest BCUT2D eigenvalue weighted by Gasteiger charge is 2.34. The van der Waals surface area contributed by atoms with Crippen molar-refractivity contribution in [3.63, 3.8) is 0 Å². The van der Waals surface area contributed by atoms with Gasteiger partial charge in [0.15, 0.2) is 0 Å². The summed E-state index contributed by atoms with van der Waals surface area (Å²) >= 11 is 6.14. The molecular weight excluding hydrogens is 263 g/mol. The summed E-state index contributed by atoms with van der Waals surface area (Å²) in [5.41, 5.74) is -0.395. The van der Waals surface area contributed by atoms with Crippen molar-refractivity contribution in [3.05, 3.63) is 34.6 Å². The van der Waals surface area contributed by atoms with Crippen LogP contribution in [0, 0.1) is 11.7 Å². The van der Waals surface area contributed by atoms with E-state index in [4.69, 9.17) is 11.6 Å². The van der Waals surface area contributed by atoms with Crippen molar-refractivity contribution in [3.8, 4) is 0 Å². The molecule has 1 saturated carbocycles. The molecule has 2 atom stereocenters. The van der Waals surface area contributed by atoms with Crippen molar-refractivity contribution in [2.45, 2.75) is 57.5 Å². The maximum Gasteiger partial charge on any atom is 0.123 e. The highest BCUT2D eigenvalue weighted by Crippen LogP contribution is 2.41. The van der Waals surface area contributed by atoms with Crippen molar-refractivity contribution in [2.24, 2.45) is 5.92 Å². The zero-order chi connectivity index (χ0) is 13.9. The molecule has 0 aromatic heterocycles. The van der Waals surface area contributed by atoms with Crippen LogP contribution in [0.1, 0.15) is 57.4 Å². The summed E-state index contributed by atoms with van der Waals surface area (Å²) < 4.78 is 13.4. The first kappa shape index (κ1) is 14.8. The highest BCUT2D eigenvalue weighted by molar-refractivity contribution is 6.31. The Labute approximate surface area is 119 Å². The summed E-state index contributed by atoms with van der Waals surface area (Å²) in [6.45, 7) is 2.19. The SMILES string of the molecule is CCCC1CCCC(O)(c2cc(F)ccc2Cl)CC1. The largest absolute Gasteiger partial charge is 0.385 e. The topological polar surface area (TPSA) is 20.2 Å². The second-order valence-corrected chi connectivity index (χ2v) is 6.15. The van der Waals surface area contributed by atoms with Gasteiger partial charge in [0.25, 0.3) is 0 Å². The fourth-order valence-corrected chi connectivity index (χ4v) is 3.51. The van der Waals surface area contributed by atoms with Crippen molar-refractivity contribution in [2.75, 3.05) is 0 Å². The van der Waals surface area contributed by atoms with Crippen LogP contribution in [-0.4, -0.2) is 5.11 Å². The Kier molecular flexibility index (Phi) is 4.86. The minimum absolute atomic E-state index is 0.331. The monoisotopic (exact) mass is 284 g/mol. The summed E-state index contributed by atoms with van der Waals surface area (Å²) in [5, 5.41) is 11.3. The summed E-state index contributed by atoms with van der Waals surface area (Å²) in [4.78, 5) is 0. The van der Waals surface area contributed by atoms with Crippen molar-refractivity contribution >= 4 is 11.6 Å². The molecule has 1 fully saturated rings. The first-order valence-electron chi connectivity index (χ1n) is 7.23. The number of benzene rings is 1. The van der Waals surface area contributed by atoms with Gasteiger partial charge in [-0.1, -0.05) is 37.8 Å². The molecule has 1 aromatic rings. The zero-order valence-corrected chi connectivity index (χ0v) is 12.2. The molecule has 0 amide bonds. The van der Waals surface area contributed by atoms with Crippen LogP contribution < -0.4 is 0 Å². The standard InChI is InChI=1S/C16H22ClFO/c1-2-4-12-5-3-9-16(19,10-8-12)14-11-13(18)6-7-15(14)17/h6-7,11-12,19H,2-5,8-10H2,1H3. The summed E-state index contributed by atoms with van der Waals surface area (Å²) in [6, 6.07) is 4.27. The molecule has 0 bridgehead atoms. The third-order valence-electron chi connectivity index (χ3n) is 4.30. The minimum Gasteiger partial charge on any atom is -0.385 e. The molecule has 1 aliphatic carbocycles. The molecule has 2 rings (SSSR count). The predicted octanol–water partition coefficient (Wildman–Crippen LogP) is 5.05. The third kappa shape index (κ3) is 3.49. The van der Waals surface area contributed by atoms with Crippen LogP contribution in [0.4, 0.5) is 4.39 Å². The van der Waals surface area contributed by atoms with Gasteiger partial charge in [0.1, 0.15) is 5.82 Å². The van der Waals surface area contributed by atoms with E-state index < -0.39 is 5.60 Å². The fraction of sp³-hybridized carbons (Fsp3) is 0.625. The molecule has 0 spiro atoms. The van der Waals surface area contributed by atoms with Crippen LogP contribution in [0.5, 0.6) is 0 Å². The molecule has 1 N–H and O–H groups in total. The van der Waals surface area contributed by atoms with E-state index in [2.05, 4.69) is 6.92 Å². The molecule has 0 saturated heterocycles. The van der Waals surface area contributed by atoms with Gasteiger partial charge in [0.05, 0.1) is 5.60 Å². The van der Waals surface area contributed by atoms with Gasteiger partial charge in [0, 0.05) is 10.6 Å². The van der Waals surface area contributed by atoms with Crippen molar-refractivity contribution in [1.82, 2.24) is 0 Å². The lowest BCUT2D eigenvalue weighted by Crippen LogP contribution is -2.25. The molecule has 106 valence electrons. The molecular formula is C16H22ClFO. The molecule has 1 nitrogen and oxygen atoms in total. The summed E-state index contributed by atoms with van der Waals surface area (Å²) in [6.07, 6.45) is 6.89. The third-order valence-corrected chi connectivity index (χ3v) is 4.63. The number of hydrogen-bond acceptors (Lipinski definition) is 1. The van der Waals surface area contributed by atoms with E-state index in [1.54, 1.807) is 6.07 Å². The highest BCUT2D eigenvalue weighted by atomic mass is 35.5. The molecule has 0 heterocycles. The van der Waals surface area contributed by atoms with E-state index in [0.29, 0.717) is 29.3 Å². The second-order valence-electron chi connectivity index (χ2n) is 5.74. The first-order chi connectivity index (χ1) is 9.05. The van der Waals surface area contributed by atoms with Gasteiger partial charge in [-0.15, -0.1) is 0 Å². The van der Waals surface area contributed by atoms with Gasteiger partial charge in [-0.3, -0.25) is 0 Å². The molecule has 0 aliphatic heterocycles. The van der Waals surface area contributed by atoms with Gasteiger partial charge in [-0.05, 0) is 49.8 Å². The van der Waals surface area contributed by atoms with Crippen LogP contribution in [0.3, 0.4) is 0 Å². The average Bonchev–Trinajstić information content (AvgIpc) is 2.56. The van der Waals surface area contributed by atoms with E-state index in [-0.39, 0.29) is 5.82 Å². The minimum atomic E-state index is -0.957. The number of halogens is 2. The fourth-order valence-electron chi connectivity index (χ4n) is 3.22. The average molecular weight is 285 g/mol. The van der Waals surface area contributed by atoms with Gasteiger partial charge in [-0.25, -0.2) is 4.39 Å². The van der Waals surface area contributed by atoms with Crippen molar-refractivity contribution < 1.29 is 9.50 Å². The Morgan fingerprint density at radius 2 is 2.16 bits per heavy atom. The molecule has 1 aromatic carbocycles. The van der Waals surface area contributed by atoms with E-state index in [0.717, 1.165) is 19.3 Å². The van der Waals surface area contributed by atoms with Gasteiger partial charge in [-0.2, -0.15) is 0 Å². The van der Waals surface area contributed by atoms with Gasteiger partial charge < -0.3 is 5.11 Å². The lowest BCUT2D eigenvalue weighted by atomic mass is 9.86. The van der Waals surface area contributed by atoms with E-state index in [1.165, 1.54) is 25.0 Å². The van der Waals surface area contributed by atoms with Crippen LogP contribution in [0.15, 0.2) is 18.2 Å². The lowest BCUT2D eigenvalue weighted by molar-refractivity contribution is 0.0194. The predicted molar refractivity (Wildman–Crippen MR) is 76.8 cm³/mol. The normalized spacial score (nSPS) is 28.1. The zero-order valence-electron chi connectivity index (χ0n) is 11.5. The van der Waals surface area contributed by atoms with E-state index in [1.807, 2.05) is 0 Å². The van der Waals surface area contributed by atoms with Gasteiger partial charge >= 0.3 is 0 Å². The number of hydrogen-bond donors (Lipinski definition) is 1. The lowest BCUT2D eigenvalue weighted by Gasteiger charge is -2.28. The Bertz CT molecular complexity index is 435. The van der Waals surface area contributed by atoms with Crippen LogP contribution in [-0.2, 0) is 5.60 Å². The number of rotatable bonds is 3. The Morgan fingerprint density at radius 3 is 2.89 bits per heavy atom. The Hall–Kier alpha value is -0.600. The molecule has 0 radical (unpaired) electrons. The van der Waals surface area contributed by atoms with Crippen molar-refractivity contribution in [1.29, 1.82) is 0 Å². The van der Waals surface area contributed by atoms with Gasteiger partial charge in [0.2, 0.25) is 0 Å². The molecule has 19 heavy (non-hydrogen) atoms. The Balaban J connectivity index is 2.20.